The van der Waals surface area contributed by atoms with E-state index in [2.05, 4.69) is 5.32 Å². The van der Waals surface area contributed by atoms with Crippen LogP contribution in [0.15, 0.2) is 23.1 Å². The summed E-state index contributed by atoms with van der Waals surface area (Å²) < 4.78 is 11.9. The zero-order valence-corrected chi connectivity index (χ0v) is 10.2. The summed E-state index contributed by atoms with van der Waals surface area (Å²) >= 11 is 0. The van der Waals surface area contributed by atoms with Gasteiger partial charge in [0.05, 0.1) is 21.8 Å². The van der Waals surface area contributed by atoms with E-state index in [1.165, 1.54) is 0 Å². The van der Waals surface area contributed by atoms with Crippen LogP contribution in [0.4, 0.5) is 5.69 Å². The number of rotatable bonds is 4. The molecule has 0 aliphatic carbocycles. The van der Waals surface area contributed by atoms with Gasteiger partial charge in [-0.25, -0.2) is 0 Å². The first kappa shape index (κ1) is 13.2. The standard InChI is InChI=1S/C11H13N3O2S/c1-8-2-3-9(13)10(6-8)17(16)7-11(15)14-5-4-12/h2-3,6H,5,7,13H2,1H3,(H,14,15). The largest absolute Gasteiger partial charge is 0.398 e. The fraction of sp³-hybridized carbons (Fsp3) is 0.273. The van der Waals surface area contributed by atoms with Gasteiger partial charge in [-0.05, 0) is 24.6 Å². The summed E-state index contributed by atoms with van der Waals surface area (Å²) in [7, 11) is -1.49. The van der Waals surface area contributed by atoms with Crippen LogP contribution in [0.3, 0.4) is 0 Å². The van der Waals surface area contributed by atoms with Crippen LogP contribution in [0.25, 0.3) is 0 Å². The molecule has 1 aromatic carbocycles. The van der Waals surface area contributed by atoms with E-state index < -0.39 is 16.7 Å². The Hall–Kier alpha value is -1.87. The lowest BCUT2D eigenvalue weighted by Crippen LogP contribution is -2.28. The van der Waals surface area contributed by atoms with Crippen LogP contribution < -0.4 is 11.1 Å². The number of carbonyl (C=O) groups excluding carboxylic acids is 1. The number of nitrogens with one attached hydrogen (secondary N) is 1. The van der Waals surface area contributed by atoms with Crippen molar-refractivity contribution in [3.63, 3.8) is 0 Å². The van der Waals surface area contributed by atoms with Gasteiger partial charge in [0.2, 0.25) is 5.91 Å². The maximum atomic E-state index is 11.9. The van der Waals surface area contributed by atoms with Crippen molar-refractivity contribution in [1.82, 2.24) is 5.32 Å². The summed E-state index contributed by atoms with van der Waals surface area (Å²) in [5.74, 6) is -0.610. The van der Waals surface area contributed by atoms with E-state index in [0.717, 1.165) is 5.56 Å². The van der Waals surface area contributed by atoms with Crippen molar-refractivity contribution in [3.05, 3.63) is 23.8 Å². The topological polar surface area (TPSA) is 96.0 Å². The van der Waals surface area contributed by atoms with Gasteiger partial charge in [-0.15, -0.1) is 0 Å². The first-order valence-electron chi connectivity index (χ1n) is 4.92. The predicted octanol–water partition coefficient (Wildman–Crippen LogP) is 0.325. The van der Waals surface area contributed by atoms with Gasteiger partial charge in [0.1, 0.15) is 12.3 Å². The van der Waals surface area contributed by atoms with E-state index in [9.17, 15) is 9.00 Å². The average molecular weight is 251 g/mol. The highest BCUT2D eigenvalue weighted by molar-refractivity contribution is 7.86. The molecule has 0 aliphatic rings. The SMILES string of the molecule is Cc1ccc(N)c(S(=O)CC(=O)NCC#N)c1. The third-order valence-corrected chi connectivity index (χ3v) is 3.41. The molecule has 0 saturated carbocycles. The van der Waals surface area contributed by atoms with E-state index in [4.69, 9.17) is 11.0 Å². The molecule has 5 nitrogen and oxygen atoms in total. The molecular weight excluding hydrogens is 238 g/mol. The molecule has 1 aromatic rings. The van der Waals surface area contributed by atoms with E-state index in [1.54, 1.807) is 18.2 Å². The molecule has 6 heteroatoms. The fourth-order valence-electron chi connectivity index (χ4n) is 1.22. The summed E-state index contributed by atoms with van der Waals surface area (Å²) in [6, 6.07) is 6.95. The molecule has 0 bridgehead atoms. The zero-order valence-electron chi connectivity index (χ0n) is 9.40. The van der Waals surface area contributed by atoms with Crippen molar-refractivity contribution >= 4 is 22.4 Å². The number of nitrogens with two attached hydrogens (primary N) is 1. The fourth-order valence-corrected chi connectivity index (χ4v) is 2.37. The van der Waals surface area contributed by atoms with Crippen molar-refractivity contribution in [1.29, 1.82) is 5.26 Å². The van der Waals surface area contributed by atoms with Gasteiger partial charge >= 0.3 is 0 Å². The Bertz CT molecular complexity index is 494. The average Bonchev–Trinajstić information content (AvgIpc) is 2.29. The molecular formula is C11H13N3O2S. The second-order valence-electron chi connectivity index (χ2n) is 3.47. The lowest BCUT2D eigenvalue weighted by Gasteiger charge is -2.06. The summed E-state index contributed by atoms with van der Waals surface area (Å²) in [5.41, 5.74) is 7.02. The Morgan fingerprint density at radius 2 is 2.29 bits per heavy atom. The molecule has 3 N–H and O–H groups in total. The van der Waals surface area contributed by atoms with Crippen LogP contribution in [-0.2, 0) is 15.6 Å². The van der Waals surface area contributed by atoms with Crippen LogP contribution in [-0.4, -0.2) is 22.4 Å². The van der Waals surface area contributed by atoms with Gasteiger partial charge in [0.25, 0.3) is 0 Å². The third kappa shape index (κ3) is 3.89. The molecule has 1 rings (SSSR count). The van der Waals surface area contributed by atoms with E-state index in [0.29, 0.717) is 10.6 Å². The number of hydrogen-bond donors (Lipinski definition) is 2. The van der Waals surface area contributed by atoms with Gasteiger partial charge in [-0.3, -0.25) is 9.00 Å². The van der Waals surface area contributed by atoms with Crippen LogP contribution in [0.5, 0.6) is 0 Å². The van der Waals surface area contributed by atoms with Gasteiger partial charge in [0, 0.05) is 5.69 Å². The molecule has 0 heterocycles. The molecule has 1 unspecified atom stereocenters. The predicted molar refractivity (Wildman–Crippen MR) is 65.5 cm³/mol. The summed E-state index contributed by atoms with van der Waals surface area (Å²) in [4.78, 5) is 11.7. The molecule has 0 radical (unpaired) electrons. The molecule has 0 spiro atoms. The first-order chi connectivity index (χ1) is 8.04. The summed E-state index contributed by atoms with van der Waals surface area (Å²) in [5, 5.41) is 10.6. The number of nitrogens with zero attached hydrogens (tertiary/aromatic N) is 1. The lowest BCUT2D eigenvalue weighted by molar-refractivity contribution is -0.118. The quantitative estimate of drug-likeness (QED) is 0.595. The van der Waals surface area contributed by atoms with Crippen LogP contribution in [0.2, 0.25) is 0 Å². The minimum atomic E-state index is -1.49. The van der Waals surface area contributed by atoms with Crippen molar-refractivity contribution in [2.45, 2.75) is 11.8 Å². The number of carbonyl (C=O) groups is 1. The van der Waals surface area contributed by atoms with Crippen LogP contribution in [0, 0.1) is 18.3 Å². The smallest absolute Gasteiger partial charge is 0.233 e. The maximum absolute atomic E-state index is 11.9. The summed E-state index contributed by atoms with van der Waals surface area (Å²) in [6.45, 7) is 1.77. The number of aryl methyl sites for hydroxylation is 1. The second-order valence-corrected chi connectivity index (χ2v) is 4.89. The number of anilines is 1. The first-order valence-corrected chi connectivity index (χ1v) is 6.24. The van der Waals surface area contributed by atoms with Gasteiger partial charge in [-0.2, -0.15) is 5.26 Å². The van der Waals surface area contributed by atoms with Gasteiger partial charge in [-0.1, -0.05) is 6.07 Å². The zero-order chi connectivity index (χ0) is 12.8. The van der Waals surface area contributed by atoms with E-state index >= 15 is 0 Å². The minimum absolute atomic E-state index is 0.0840. The number of benzene rings is 1. The molecule has 0 aliphatic heterocycles. The minimum Gasteiger partial charge on any atom is -0.398 e. The highest BCUT2D eigenvalue weighted by Gasteiger charge is 2.12. The lowest BCUT2D eigenvalue weighted by atomic mass is 10.2. The molecule has 90 valence electrons. The van der Waals surface area contributed by atoms with Crippen molar-refractivity contribution in [2.75, 3.05) is 18.0 Å². The molecule has 1 amide bonds. The molecule has 0 aromatic heterocycles. The number of nitrogen functional groups attached to an aromatic ring is 1. The summed E-state index contributed by atoms with van der Waals surface area (Å²) in [6.07, 6.45) is 0. The van der Waals surface area contributed by atoms with Crippen molar-refractivity contribution < 1.29 is 9.00 Å². The Morgan fingerprint density at radius 1 is 1.59 bits per heavy atom. The van der Waals surface area contributed by atoms with Crippen molar-refractivity contribution in [3.8, 4) is 6.07 Å². The Labute approximate surface area is 102 Å². The number of nitriles is 1. The second kappa shape index (κ2) is 6.01. The highest BCUT2D eigenvalue weighted by Crippen LogP contribution is 2.17. The number of amides is 1. The molecule has 1 atom stereocenters. The maximum Gasteiger partial charge on any atom is 0.233 e. The normalized spacial score (nSPS) is 11.5. The monoisotopic (exact) mass is 251 g/mol. The van der Waals surface area contributed by atoms with Gasteiger partial charge < -0.3 is 11.1 Å². The van der Waals surface area contributed by atoms with E-state index in [-0.39, 0.29) is 12.3 Å². The number of hydrogen-bond acceptors (Lipinski definition) is 4. The van der Waals surface area contributed by atoms with Gasteiger partial charge in [0.15, 0.2) is 0 Å². The van der Waals surface area contributed by atoms with Crippen molar-refractivity contribution in [2.24, 2.45) is 0 Å². The van der Waals surface area contributed by atoms with Crippen LogP contribution >= 0.6 is 0 Å². The Morgan fingerprint density at radius 3 is 2.94 bits per heavy atom. The van der Waals surface area contributed by atoms with Crippen LogP contribution in [0.1, 0.15) is 5.56 Å². The highest BCUT2D eigenvalue weighted by atomic mass is 32.2. The van der Waals surface area contributed by atoms with E-state index in [1.807, 2.05) is 13.0 Å². The molecule has 17 heavy (non-hydrogen) atoms. The Kier molecular flexibility index (Phi) is 4.67. The molecule has 0 fully saturated rings. The molecule has 0 saturated heterocycles. The Balaban J connectivity index is 2.73. The third-order valence-electron chi connectivity index (χ3n) is 2.04.